The monoisotopic (exact) mass is 287 g/mol. The minimum atomic E-state index is -0.0439. The first-order valence-electron chi connectivity index (χ1n) is 6.49. The minimum absolute atomic E-state index is 0.0439. The van der Waals surface area contributed by atoms with Crippen LogP contribution < -0.4 is 5.73 Å². The maximum Gasteiger partial charge on any atom is 0.0576 e. The third-order valence-corrected chi connectivity index (χ3v) is 4.00. The number of rotatable bonds is 5. The van der Waals surface area contributed by atoms with Crippen molar-refractivity contribution < 1.29 is 4.74 Å². The van der Waals surface area contributed by atoms with E-state index in [9.17, 15) is 0 Å². The Bertz CT molecular complexity index is 391. The van der Waals surface area contributed by atoms with E-state index in [1.54, 1.807) is 12.1 Å². The summed E-state index contributed by atoms with van der Waals surface area (Å²) in [7, 11) is 0. The number of benzene rings is 1. The second kappa shape index (κ2) is 6.76. The van der Waals surface area contributed by atoms with Gasteiger partial charge >= 0.3 is 0 Å². The van der Waals surface area contributed by atoms with Crippen molar-refractivity contribution in [3.05, 3.63) is 33.8 Å². The van der Waals surface area contributed by atoms with E-state index >= 15 is 0 Å². The Balaban J connectivity index is 1.83. The number of halogens is 2. The summed E-state index contributed by atoms with van der Waals surface area (Å²) in [5.74, 6) is 0. The standard InChI is InChI=1S/C14H19Cl2NO/c15-10-6-7-13(16)12(9-10)14(17)5-1-3-11-4-2-8-18-11/h6-7,9,11,14H,1-5,8,17H2. The lowest BCUT2D eigenvalue weighted by Crippen LogP contribution is -2.12. The predicted molar refractivity (Wildman–Crippen MR) is 76.2 cm³/mol. The molecule has 2 atom stereocenters. The van der Waals surface area contributed by atoms with Crippen molar-refractivity contribution in [1.82, 2.24) is 0 Å². The van der Waals surface area contributed by atoms with Crippen LogP contribution in [0.1, 0.15) is 43.7 Å². The fourth-order valence-corrected chi connectivity index (χ4v) is 2.83. The maximum absolute atomic E-state index is 6.17. The normalized spacial score (nSPS) is 21.2. The number of hydrogen-bond acceptors (Lipinski definition) is 2. The molecule has 0 bridgehead atoms. The number of ether oxygens (including phenoxy) is 1. The van der Waals surface area contributed by atoms with E-state index in [2.05, 4.69) is 0 Å². The molecule has 1 aromatic rings. The van der Waals surface area contributed by atoms with Gasteiger partial charge in [-0.05, 0) is 55.9 Å². The van der Waals surface area contributed by atoms with Crippen LogP contribution in [0.25, 0.3) is 0 Å². The molecule has 0 amide bonds. The molecule has 2 N–H and O–H groups in total. The van der Waals surface area contributed by atoms with Crippen LogP contribution in [-0.4, -0.2) is 12.7 Å². The molecule has 0 spiro atoms. The number of nitrogens with two attached hydrogens (primary N) is 1. The van der Waals surface area contributed by atoms with Crippen molar-refractivity contribution in [3.63, 3.8) is 0 Å². The quantitative estimate of drug-likeness (QED) is 0.874. The Morgan fingerprint density at radius 3 is 2.94 bits per heavy atom. The van der Waals surface area contributed by atoms with Crippen molar-refractivity contribution >= 4 is 23.2 Å². The molecule has 2 unspecified atom stereocenters. The van der Waals surface area contributed by atoms with Crippen molar-refractivity contribution in [2.24, 2.45) is 5.73 Å². The first kappa shape index (κ1) is 14.1. The lowest BCUT2D eigenvalue weighted by atomic mass is 10.00. The first-order valence-corrected chi connectivity index (χ1v) is 7.24. The third-order valence-electron chi connectivity index (χ3n) is 3.42. The molecule has 1 saturated heterocycles. The van der Waals surface area contributed by atoms with Crippen LogP contribution in [0.2, 0.25) is 10.0 Å². The van der Waals surface area contributed by atoms with Gasteiger partial charge in [0.25, 0.3) is 0 Å². The fourth-order valence-electron chi connectivity index (χ4n) is 2.39. The van der Waals surface area contributed by atoms with E-state index in [0.29, 0.717) is 16.1 Å². The summed E-state index contributed by atoms with van der Waals surface area (Å²) in [5, 5.41) is 1.38. The summed E-state index contributed by atoms with van der Waals surface area (Å²) in [5.41, 5.74) is 7.11. The molecule has 4 heteroatoms. The topological polar surface area (TPSA) is 35.2 Å². The van der Waals surface area contributed by atoms with Crippen LogP contribution >= 0.6 is 23.2 Å². The average molecular weight is 288 g/mol. The van der Waals surface area contributed by atoms with E-state index in [0.717, 1.165) is 31.4 Å². The van der Waals surface area contributed by atoms with E-state index in [1.807, 2.05) is 6.07 Å². The summed E-state index contributed by atoms with van der Waals surface area (Å²) in [4.78, 5) is 0. The van der Waals surface area contributed by atoms with Gasteiger partial charge in [-0.1, -0.05) is 23.2 Å². The Labute approximate surface area is 118 Å². The highest BCUT2D eigenvalue weighted by molar-refractivity contribution is 6.33. The van der Waals surface area contributed by atoms with Gasteiger partial charge in [0.2, 0.25) is 0 Å². The zero-order valence-electron chi connectivity index (χ0n) is 10.4. The molecule has 0 aromatic heterocycles. The zero-order valence-corrected chi connectivity index (χ0v) is 11.9. The Morgan fingerprint density at radius 2 is 2.22 bits per heavy atom. The molecular formula is C14H19Cl2NO. The molecular weight excluding hydrogens is 269 g/mol. The predicted octanol–water partition coefficient (Wildman–Crippen LogP) is 4.34. The first-order chi connectivity index (χ1) is 8.66. The maximum atomic E-state index is 6.17. The van der Waals surface area contributed by atoms with Crippen LogP contribution in [0, 0.1) is 0 Å². The molecule has 2 nitrogen and oxygen atoms in total. The summed E-state index contributed by atoms with van der Waals surface area (Å²) < 4.78 is 5.60. The van der Waals surface area contributed by atoms with E-state index in [1.165, 1.54) is 12.8 Å². The summed E-state index contributed by atoms with van der Waals surface area (Å²) in [6.07, 6.45) is 5.89. The fraction of sp³-hybridized carbons (Fsp3) is 0.571. The average Bonchev–Trinajstić information content (AvgIpc) is 2.85. The molecule has 100 valence electrons. The van der Waals surface area contributed by atoms with Crippen LogP contribution in [0.4, 0.5) is 0 Å². The van der Waals surface area contributed by atoms with Gasteiger partial charge in [-0.2, -0.15) is 0 Å². The molecule has 0 saturated carbocycles. The highest BCUT2D eigenvalue weighted by atomic mass is 35.5. The molecule has 2 rings (SSSR count). The molecule has 0 aliphatic carbocycles. The van der Waals surface area contributed by atoms with Gasteiger partial charge in [0, 0.05) is 22.7 Å². The largest absolute Gasteiger partial charge is 0.378 e. The number of hydrogen-bond donors (Lipinski definition) is 1. The van der Waals surface area contributed by atoms with Gasteiger partial charge in [0.1, 0.15) is 0 Å². The molecule has 1 heterocycles. The third kappa shape index (κ3) is 3.86. The molecule has 1 aliphatic heterocycles. The second-order valence-electron chi connectivity index (χ2n) is 4.84. The van der Waals surface area contributed by atoms with Crippen LogP contribution in [0.15, 0.2) is 18.2 Å². The van der Waals surface area contributed by atoms with E-state index in [4.69, 9.17) is 33.7 Å². The molecule has 18 heavy (non-hydrogen) atoms. The minimum Gasteiger partial charge on any atom is -0.378 e. The summed E-state index contributed by atoms with van der Waals surface area (Å²) >= 11 is 12.1. The van der Waals surface area contributed by atoms with Gasteiger partial charge in [-0.15, -0.1) is 0 Å². The van der Waals surface area contributed by atoms with Crippen LogP contribution in [0.5, 0.6) is 0 Å². The molecule has 1 aromatic carbocycles. The smallest absolute Gasteiger partial charge is 0.0576 e. The molecule has 1 aliphatic rings. The van der Waals surface area contributed by atoms with Gasteiger partial charge < -0.3 is 10.5 Å². The van der Waals surface area contributed by atoms with Crippen molar-refractivity contribution in [2.75, 3.05) is 6.61 Å². The second-order valence-corrected chi connectivity index (χ2v) is 5.68. The van der Waals surface area contributed by atoms with Crippen molar-refractivity contribution in [2.45, 2.75) is 44.2 Å². The molecule has 1 fully saturated rings. The van der Waals surface area contributed by atoms with E-state index in [-0.39, 0.29) is 6.04 Å². The van der Waals surface area contributed by atoms with Crippen molar-refractivity contribution in [1.29, 1.82) is 0 Å². The van der Waals surface area contributed by atoms with E-state index < -0.39 is 0 Å². The van der Waals surface area contributed by atoms with Crippen molar-refractivity contribution in [3.8, 4) is 0 Å². The zero-order chi connectivity index (χ0) is 13.0. The van der Waals surface area contributed by atoms with Gasteiger partial charge in [-0.3, -0.25) is 0 Å². The van der Waals surface area contributed by atoms with Crippen LogP contribution in [0.3, 0.4) is 0 Å². The Hall–Kier alpha value is -0.280. The molecule has 0 radical (unpaired) electrons. The lowest BCUT2D eigenvalue weighted by molar-refractivity contribution is 0.101. The van der Waals surface area contributed by atoms with Gasteiger partial charge in [-0.25, -0.2) is 0 Å². The summed E-state index contributed by atoms with van der Waals surface area (Å²) in [6, 6.07) is 5.41. The Morgan fingerprint density at radius 1 is 1.39 bits per heavy atom. The van der Waals surface area contributed by atoms with Crippen LogP contribution in [-0.2, 0) is 4.74 Å². The highest BCUT2D eigenvalue weighted by Gasteiger charge is 2.16. The lowest BCUT2D eigenvalue weighted by Gasteiger charge is -2.15. The Kier molecular flexibility index (Phi) is 5.31. The van der Waals surface area contributed by atoms with Gasteiger partial charge in [0.15, 0.2) is 0 Å². The van der Waals surface area contributed by atoms with Gasteiger partial charge in [0.05, 0.1) is 6.10 Å². The SMILES string of the molecule is NC(CCCC1CCCO1)c1cc(Cl)ccc1Cl. The summed E-state index contributed by atoms with van der Waals surface area (Å²) in [6.45, 7) is 0.914. The highest BCUT2D eigenvalue weighted by Crippen LogP contribution is 2.28.